The van der Waals surface area contributed by atoms with Gasteiger partial charge in [0.05, 0.1) is 11.9 Å². The number of aryl methyl sites for hydroxylation is 2. The summed E-state index contributed by atoms with van der Waals surface area (Å²) in [6, 6.07) is 5.50. The van der Waals surface area contributed by atoms with Crippen LogP contribution in [0.1, 0.15) is 27.2 Å². The lowest BCUT2D eigenvalue weighted by Crippen LogP contribution is -2.13. The number of carbonyl (C=O) groups excluding carboxylic acids is 1. The zero-order valence-corrected chi connectivity index (χ0v) is 11.2. The van der Waals surface area contributed by atoms with Crippen molar-refractivity contribution in [1.82, 2.24) is 5.16 Å². The minimum atomic E-state index is -0.306. The summed E-state index contributed by atoms with van der Waals surface area (Å²) in [6.45, 7) is 3.37. The van der Waals surface area contributed by atoms with Crippen molar-refractivity contribution in [3.63, 3.8) is 0 Å². The van der Waals surface area contributed by atoms with Crippen LogP contribution in [0.25, 0.3) is 0 Å². The van der Waals surface area contributed by atoms with E-state index in [1.54, 1.807) is 13.0 Å². The van der Waals surface area contributed by atoms with E-state index in [0.717, 1.165) is 5.56 Å². The Kier molecular flexibility index (Phi) is 4.18. The van der Waals surface area contributed by atoms with E-state index in [9.17, 15) is 4.79 Å². The number of hydrogen-bond acceptors (Lipinski definition) is 4. The molecule has 1 aromatic heterocycles. The number of benzene rings is 1. The molecule has 5 heteroatoms. The molecule has 0 fully saturated rings. The van der Waals surface area contributed by atoms with Gasteiger partial charge in [-0.25, -0.2) is 0 Å². The fourth-order valence-corrected chi connectivity index (χ4v) is 1.71. The van der Waals surface area contributed by atoms with Crippen molar-refractivity contribution in [3.8, 4) is 11.8 Å². The van der Waals surface area contributed by atoms with Gasteiger partial charge in [-0.2, -0.15) is 0 Å². The van der Waals surface area contributed by atoms with Crippen LogP contribution in [0.4, 0.5) is 5.69 Å². The van der Waals surface area contributed by atoms with Crippen LogP contribution in [0.3, 0.4) is 0 Å². The quantitative estimate of drug-likeness (QED) is 0.817. The highest BCUT2D eigenvalue weighted by atomic mass is 16.5. The predicted molar refractivity (Wildman–Crippen MR) is 74.3 cm³/mol. The Labute approximate surface area is 116 Å². The van der Waals surface area contributed by atoms with E-state index in [4.69, 9.17) is 9.63 Å². The average Bonchev–Trinajstić information content (AvgIpc) is 2.85. The van der Waals surface area contributed by atoms with E-state index >= 15 is 0 Å². The number of carbonyl (C=O) groups is 1. The number of amides is 1. The molecule has 20 heavy (non-hydrogen) atoms. The number of rotatable bonds is 2. The number of nitrogens with one attached hydrogen (secondary N) is 1. The van der Waals surface area contributed by atoms with Crippen molar-refractivity contribution >= 4 is 11.6 Å². The molecule has 0 saturated heterocycles. The standard InChI is InChI=1S/C15H14N2O3/c1-10-5-6-14(12(8-10)4-3-7-18)17-15(19)13-9-16-20-11(13)2/h5-6,8-9,18H,7H2,1-2H3,(H,17,19). The summed E-state index contributed by atoms with van der Waals surface area (Å²) in [4.78, 5) is 12.1. The van der Waals surface area contributed by atoms with Crippen LogP contribution >= 0.6 is 0 Å². The molecule has 0 spiro atoms. The lowest BCUT2D eigenvalue weighted by Gasteiger charge is -2.07. The zero-order chi connectivity index (χ0) is 14.5. The molecule has 2 aromatic rings. The van der Waals surface area contributed by atoms with Crippen molar-refractivity contribution in [3.05, 3.63) is 46.8 Å². The van der Waals surface area contributed by atoms with E-state index < -0.39 is 0 Å². The molecule has 5 nitrogen and oxygen atoms in total. The van der Waals surface area contributed by atoms with E-state index in [1.807, 2.05) is 19.1 Å². The molecule has 0 aliphatic carbocycles. The molecular formula is C15H14N2O3. The number of hydrogen-bond donors (Lipinski definition) is 2. The minimum absolute atomic E-state index is 0.230. The lowest BCUT2D eigenvalue weighted by molar-refractivity contribution is 0.102. The first-order valence-corrected chi connectivity index (χ1v) is 6.05. The Bertz CT molecular complexity index is 693. The van der Waals surface area contributed by atoms with E-state index in [-0.39, 0.29) is 12.5 Å². The molecule has 0 bridgehead atoms. The second kappa shape index (κ2) is 6.04. The van der Waals surface area contributed by atoms with E-state index in [1.165, 1.54) is 6.20 Å². The second-order valence-corrected chi connectivity index (χ2v) is 4.26. The van der Waals surface area contributed by atoms with Crippen LogP contribution < -0.4 is 5.32 Å². The van der Waals surface area contributed by atoms with Crippen LogP contribution in [0.5, 0.6) is 0 Å². The summed E-state index contributed by atoms with van der Waals surface area (Å²) in [7, 11) is 0. The average molecular weight is 270 g/mol. The summed E-state index contributed by atoms with van der Waals surface area (Å²) >= 11 is 0. The van der Waals surface area contributed by atoms with E-state index in [2.05, 4.69) is 22.3 Å². The number of aromatic nitrogens is 1. The number of aliphatic hydroxyl groups excluding tert-OH is 1. The molecule has 0 saturated carbocycles. The molecule has 0 radical (unpaired) electrons. The zero-order valence-electron chi connectivity index (χ0n) is 11.2. The van der Waals surface area contributed by atoms with Crippen LogP contribution in [-0.2, 0) is 0 Å². The predicted octanol–water partition coefficient (Wildman–Crippen LogP) is 1.89. The van der Waals surface area contributed by atoms with Crippen molar-refractivity contribution in [1.29, 1.82) is 0 Å². The first-order valence-electron chi connectivity index (χ1n) is 6.05. The maximum absolute atomic E-state index is 12.1. The van der Waals surface area contributed by atoms with Gasteiger partial charge in [-0.05, 0) is 31.5 Å². The Hall–Kier alpha value is -2.58. The van der Waals surface area contributed by atoms with Crippen molar-refractivity contribution < 1.29 is 14.4 Å². The van der Waals surface area contributed by atoms with Crippen molar-refractivity contribution in [2.24, 2.45) is 0 Å². The molecule has 1 heterocycles. The van der Waals surface area contributed by atoms with Gasteiger partial charge in [0.1, 0.15) is 17.9 Å². The third-order valence-corrected chi connectivity index (χ3v) is 2.72. The Morgan fingerprint density at radius 3 is 2.90 bits per heavy atom. The maximum Gasteiger partial charge on any atom is 0.260 e. The molecule has 102 valence electrons. The summed E-state index contributed by atoms with van der Waals surface area (Å²) < 4.78 is 4.87. The molecule has 2 rings (SSSR count). The van der Waals surface area contributed by atoms with Crippen LogP contribution in [-0.4, -0.2) is 22.8 Å². The fourth-order valence-electron chi connectivity index (χ4n) is 1.71. The molecule has 0 unspecified atom stereocenters. The highest BCUT2D eigenvalue weighted by Crippen LogP contribution is 2.18. The summed E-state index contributed by atoms with van der Waals surface area (Å²) in [5, 5.41) is 15.1. The van der Waals surface area contributed by atoms with Crippen molar-refractivity contribution in [2.45, 2.75) is 13.8 Å². The number of aliphatic hydroxyl groups is 1. The van der Waals surface area contributed by atoms with Gasteiger partial charge in [0.2, 0.25) is 0 Å². The summed E-state index contributed by atoms with van der Waals surface area (Å²) in [5.41, 5.74) is 2.64. The van der Waals surface area contributed by atoms with Gasteiger partial charge >= 0.3 is 0 Å². The molecule has 2 N–H and O–H groups in total. The first-order chi connectivity index (χ1) is 9.61. The Morgan fingerprint density at radius 1 is 1.45 bits per heavy atom. The van der Waals surface area contributed by atoms with E-state index in [0.29, 0.717) is 22.6 Å². The van der Waals surface area contributed by atoms with Crippen molar-refractivity contribution in [2.75, 3.05) is 11.9 Å². The molecule has 0 aliphatic heterocycles. The van der Waals surface area contributed by atoms with Gasteiger partial charge in [-0.1, -0.05) is 23.1 Å². The van der Waals surface area contributed by atoms with Gasteiger partial charge in [0.15, 0.2) is 0 Å². The largest absolute Gasteiger partial charge is 0.384 e. The van der Waals surface area contributed by atoms with Crippen LogP contribution in [0.2, 0.25) is 0 Å². The third-order valence-electron chi connectivity index (χ3n) is 2.72. The van der Waals surface area contributed by atoms with Gasteiger partial charge in [0, 0.05) is 5.56 Å². The summed E-state index contributed by atoms with van der Waals surface area (Å²) in [6.07, 6.45) is 1.37. The number of anilines is 1. The smallest absolute Gasteiger partial charge is 0.260 e. The highest BCUT2D eigenvalue weighted by Gasteiger charge is 2.14. The second-order valence-electron chi connectivity index (χ2n) is 4.26. The maximum atomic E-state index is 12.1. The van der Waals surface area contributed by atoms with Gasteiger partial charge < -0.3 is 14.9 Å². The summed E-state index contributed by atoms with van der Waals surface area (Å²) in [5.74, 6) is 5.54. The van der Waals surface area contributed by atoms with Gasteiger partial charge in [0.25, 0.3) is 5.91 Å². The lowest BCUT2D eigenvalue weighted by atomic mass is 10.1. The van der Waals surface area contributed by atoms with Gasteiger partial charge in [-0.15, -0.1) is 0 Å². The monoisotopic (exact) mass is 270 g/mol. The highest BCUT2D eigenvalue weighted by molar-refractivity contribution is 6.05. The fraction of sp³-hybridized carbons (Fsp3) is 0.200. The SMILES string of the molecule is Cc1ccc(NC(=O)c2cnoc2C)c(C#CCO)c1. The van der Waals surface area contributed by atoms with Crippen LogP contribution in [0.15, 0.2) is 28.9 Å². The third kappa shape index (κ3) is 3.05. The molecule has 0 atom stereocenters. The number of nitrogens with zero attached hydrogens (tertiary/aromatic N) is 1. The molecule has 1 amide bonds. The Balaban J connectivity index is 2.29. The van der Waals surface area contributed by atoms with Crippen LogP contribution in [0, 0.1) is 25.7 Å². The Morgan fingerprint density at radius 2 is 2.25 bits per heavy atom. The molecule has 1 aromatic carbocycles. The molecule has 0 aliphatic rings. The van der Waals surface area contributed by atoms with Gasteiger partial charge in [-0.3, -0.25) is 4.79 Å². The molecular weight excluding hydrogens is 256 g/mol. The minimum Gasteiger partial charge on any atom is -0.384 e. The normalized spacial score (nSPS) is 9.75. The first kappa shape index (κ1) is 13.8. The topological polar surface area (TPSA) is 75.4 Å².